The summed E-state index contributed by atoms with van der Waals surface area (Å²) in [6.45, 7) is 1.42. The second-order valence-electron chi connectivity index (χ2n) is 7.64. The number of pyridine rings is 1. The van der Waals surface area contributed by atoms with Crippen LogP contribution >= 0.6 is 0 Å². The standard InChI is InChI=1S/C25H21N3O5S/c1-16-9-11-17(12-10-16)23-14-21(20-7-2-3-8-22(20)28-23)25(30)33-15-24(29)27-18-5-4-6-19(13-18)34(26,31)32/h2-14H,15H2,1H3,(H,27,29)(H2,26,31,32). The molecule has 0 bridgehead atoms. The molecular weight excluding hydrogens is 454 g/mol. The number of benzene rings is 3. The Morgan fingerprint density at radius 1 is 0.971 bits per heavy atom. The minimum atomic E-state index is -3.92. The molecule has 0 fully saturated rings. The van der Waals surface area contributed by atoms with Crippen molar-refractivity contribution >= 4 is 38.5 Å². The first-order chi connectivity index (χ1) is 16.2. The molecule has 4 aromatic rings. The van der Waals surface area contributed by atoms with Crippen LogP contribution in [0.25, 0.3) is 22.2 Å². The maximum atomic E-state index is 12.9. The molecule has 0 atom stereocenters. The Balaban J connectivity index is 1.54. The normalized spacial score (nSPS) is 11.2. The third kappa shape index (κ3) is 5.28. The number of amides is 1. The SMILES string of the molecule is Cc1ccc(-c2cc(C(=O)OCC(=O)Nc3cccc(S(N)(=O)=O)c3)c3ccccc3n2)cc1. The van der Waals surface area contributed by atoms with Gasteiger partial charge in [0.2, 0.25) is 10.0 Å². The minimum absolute atomic E-state index is 0.144. The van der Waals surface area contributed by atoms with Crippen molar-refractivity contribution in [3.8, 4) is 11.3 Å². The van der Waals surface area contributed by atoms with E-state index in [1.54, 1.807) is 24.3 Å². The molecule has 3 N–H and O–H groups in total. The van der Waals surface area contributed by atoms with E-state index in [1.165, 1.54) is 24.3 Å². The zero-order valence-electron chi connectivity index (χ0n) is 18.2. The molecule has 0 aliphatic rings. The summed E-state index contributed by atoms with van der Waals surface area (Å²) < 4.78 is 28.2. The number of ether oxygens (including phenoxy) is 1. The third-order valence-corrected chi connectivity index (χ3v) is 5.98. The first-order valence-electron chi connectivity index (χ1n) is 10.3. The smallest absolute Gasteiger partial charge is 0.339 e. The number of aromatic nitrogens is 1. The average Bonchev–Trinajstić information content (AvgIpc) is 2.82. The highest BCUT2D eigenvalue weighted by molar-refractivity contribution is 7.89. The third-order valence-electron chi connectivity index (χ3n) is 5.06. The van der Waals surface area contributed by atoms with Gasteiger partial charge in [0, 0.05) is 16.6 Å². The van der Waals surface area contributed by atoms with Gasteiger partial charge in [-0.15, -0.1) is 0 Å². The monoisotopic (exact) mass is 475 g/mol. The van der Waals surface area contributed by atoms with E-state index >= 15 is 0 Å². The van der Waals surface area contributed by atoms with Gasteiger partial charge in [0.05, 0.1) is 21.7 Å². The van der Waals surface area contributed by atoms with Crippen molar-refractivity contribution in [2.24, 2.45) is 5.14 Å². The second kappa shape index (κ2) is 9.42. The van der Waals surface area contributed by atoms with Crippen LogP contribution in [0.5, 0.6) is 0 Å². The fourth-order valence-corrected chi connectivity index (χ4v) is 3.93. The van der Waals surface area contributed by atoms with Crippen molar-refractivity contribution in [2.75, 3.05) is 11.9 Å². The average molecular weight is 476 g/mol. The number of nitrogens with one attached hydrogen (secondary N) is 1. The summed E-state index contributed by atoms with van der Waals surface area (Å²) in [6, 6.07) is 22.0. The number of fused-ring (bicyclic) bond motifs is 1. The van der Waals surface area contributed by atoms with E-state index in [2.05, 4.69) is 10.3 Å². The van der Waals surface area contributed by atoms with Gasteiger partial charge >= 0.3 is 5.97 Å². The van der Waals surface area contributed by atoms with Gasteiger partial charge in [-0.05, 0) is 37.3 Å². The van der Waals surface area contributed by atoms with Gasteiger partial charge in [0.25, 0.3) is 5.91 Å². The van der Waals surface area contributed by atoms with Gasteiger partial charge in [-0.1, -0.05) is 54.1 Å². The van der Waals surface area contributed by atoms with Crippen LogP contribution in [-0.2, 0) is 19.6 Å². The summed E-state index contributed by atoms with van der Waals surface area (Å²) in [5, 5.41) is 8.21. The molecule has 9 heteroatoms. The zero-order valence-corrected chi connectivity index (χ0v) is 19.0. The summed E-state index contributed by atoms with van der Waals surface area (Å²) >= 11 is 0. The van der Waals surface area contributed by atoms with Crippen LogP contribution in [-0.4, -0.2) is 31.9 Å². The van der Waals surface area contributed by atoms with Crippen molar-refractivity contribution in [3.05, 3.63) is 90.0 Å². The highest BCUT2D eigenvalue weighted by Crippen LogP contribution is 2.26. The Labute approximate surface area is 196 Å². The van der Waals surface area contributed by atoms with Gasteiger partial charge in [0.1, 0.15) is 0 Å². The van der Waals surface area contributed by atoms with Gasteiger partial charge in [-0.3, -0.25) is 4.79 Å². The number of nitrogens with zero attached hydrogens (tertiary/aromatic N) is 1. The summed E-state index contributed by atoms with van der Waals surface area (Å²) in [7, 11) is -3.92. The lowest BCUT2D eigenvalue weighted by Crippen LogP contribution is -2.21. The summed E-state index contributed by atoms with van der Waals surface area (Å²) in [5.74, 6) is -1.31. The molecule has 0 aliphatic heterocycles. The van der Waals surface area contributed by atoms with E-state index in [0.29, 0.717) is 16.6 Å². The van der Waals surface area contributed by atoms with Crippen molar-refractivity contribution < 1.29 is 22.7 Å². The quantitative estimate of drug-likeness (QED) is 0.410. The number of esters is 1. The molecule has 1 amide bonds. The molecule has 8 nitrogen and oxygen atoms in total. The number of rotatable bonds is 6. The second-order valence-corrected chi connectivity index (χ2v) is 9.20. The molecule has 1 heterocycles. The fraction of sp³-hybridized carbons (Fsp3) is 0.0800. The number of hydrogen-bond acceptors (Lipinski definition) is 6. The van der Waals surface area contributed by atoms with Crippen molar-refractivity contribution in [1.82, 2.24) is 4.98 Å². The fourth-order valence-electron chi connectivity index (χ4n) is 3.37. The molecule has 0 saturated heterocycles. The van der Waals surface area contributed by atoms with Crippen LogP contribution < -0.4 is 10.5 Å². The number of nitrogens with two attached hydrogens (primary N) is 1. The van der Waals surface area contributed by atoms with Crippen LogP contribution in [0.1, 0.15) is 15.9 Å². The van der Waals surface area contributed by atoms with E-state index in [0.717, 1.165) is 11.1 Å². The van der Waals surface area contributed by atoms with Gasteiger partial charge in [-0.2, -0.15) is 0 Å². The van der Waals surface area contributed by atoms with Crippen molar-refractivity contribution in [2.45, 2.75) is 11.8 Å². The summed E-state index contributed by atoms with van der Waals surface area (Å²) in [4.78, 5) is 29.7. The number of hydrogen-bond donors (Lipinski definition) is 2. The number of sulfonamides is 1. The van der Waals surface area contributed by atoms with E-state index in [1.807, 2.05) is 37.3 Å². The van der Waals surface area contributed by atoms with Crippen LogP contribution in [0.2, 0.25) is 0 Å². The van der Waals surface area contributed by atoms with E-state index < -0.39 is 28.5 Å². The van der Waals surface area contributed by atoms with Gasteiger partial charge in [0.15, 0.2) is 6.61 Å². The Morgan fingerprint density at radius 3 is 2.44 bits per heavy atom. The highest BCUT2D eigenvalue weighted by Gasteiger charge is 2.17. The zero-order chi connectivity index (χ0) is 24.3. The summed E-state index contributed by atoms with van der Waals surface area (Å²) in [5.41, 5.74) is 3.67. The predicted octanol–water partition coefficient (Wildman–Crippen LogP) is 3.65. The largest absolute Gasteiger partial charge is 0.452 e. The van der Waals surface area contributed by atoms with Crippen LogP contribution in [0, 0.1) is 6.92 Å². The number of anilines is 1. The Morgan fingerprint density at radius 2 is 1.71 bits per heavy atom. The Hall–Kier alpha value is -4.08. The van der Waals surface area contributed by atoms with E-state index in [-0.39, 0.29) is 16.1 Å². The number of primary sulfonamides is 1. The number of aryl methyl sites for hydroxylation is 1. The lowest BCUT2D eigenvalue weighted by molar-refractivity contribution is -0.119. The van der Waals surface area contributed by atoms with Crippen LogP contribution in [0.4, 0.5) is 5.69 Å². The molecule has 0 unspecified atom stereocenters. The number of carbonyl (C=O) groups is 2. The number of para-hydroxylation sites is 1. The molecule has 0 spiro atoms. The van der Waals surface area contributed by atoms with E-state index in [4.69, 9.17) is 9.88 Å². The molecule has 4 rings (SSSR count). The van der Waals surface area contributed by atoms with Crippen molar-refractivity contribution in [1.29, 1.82) is 0 Å². The van der Waals surface area contributed by atoms with Crippen LogP contribution in [0.15, 0.2) is 83.8 Å². The molecule has 34 heavy (non-hydrogen) atoms. The number of carbonyl (C=O) groups excluding carboxylic acids is 2. The molecule has 1 aromatic heterocycles. The van der Waals surface area contributed by atoms with Crippen LogP contribution in [0.3, 0.4) is 0 Å². The molecule has 0 radical (unpaired) electrons. The molecule has 172 valence electrons. The first-order valence-corrected chi connectivity index (χ1v) is 11.8. The topological polar surface area (TPSA) is 128 Å². The summed E-state index contributed by atoms with van der Waals surface area (Å²) in [6.07, 6.45) is 0. The Kier molecular flexibility index (Phi) is 6.40. The molecule has 0 aliphatic carbocycles. The first kappa shape index (κ1) is 23.1. The van der Waals surface area contributed by atoms with Gasteiger partial charge < -0.3 is 10.1 Å². The lowest BCUT2D eigenvalue weighted by Gasteiger charge is -2.11. The predicted molar refractivity (Wildman–Crippen MR) is 129 cm³/mol. The Bertz CT molecular complexity index is 1500. The van der Waals surface area contributed by atoms with Crippen molar-refractivity contribution in [3.63, 3.8) is 0 Å². The van der Waals surface area contributed by atoms with Gasteiger partial charge in [-0.25, -0.2) is 23.3 Å². The molecular formula is C25H21N3O5S. The molecule has 3 aromatic carbocycles. The van der Waals surface area contributed by atoms with E-state index in [9.17, 15) is 18.0 Å². The highest BCUT2D eigenvalue weighted by atomic mass is 32.2. The minimum Gasteiger partial charge on any atom is -0.452 e. The maximum absolute atomic E-state index is 12.9. The lowest BCUT2D eigenvalue weighted by atomic mass is 10.0. The maximum Gasteiger partial charge on any atom is 0.339 e. The molecule has 0 saturated carbocycles.